The standard InChI is InChI=1S/C22H18FN3O6/c1-31-21(29)13-7-8-15(22(30)32-2)18(9-13)25-19(27)11-26-12-24-17(10-20(26)28)14-5-3-4-6-16(14)23/h3-10,12H,11H2,1-2H3,(H,25,27). The number of hydrogen-bond donors (Lipinski definition) is 1. The zero-order chi connectivity index (χ0) is 23.3. The van der Waals surface area contributed by atoms with Crippen LogP contribution in [0.4, 0.5) is 10.1 Å². The number of nitrogens with one attached hydrogen (secondary N) is 1. The van der Waals surface area contributed by atoms with Crippen LogP contribution in [0.3, 0.4) is 0 Å². The highest BCUT2D eigenvalue weighted by molar-refractivity contribution is 6.03. The van der Waals surface area contributed by atoms with E-state index in [1.54, 1.807) is 6.07 Å². The lowest BCUT2D eigenvalue weighted by Gasteiger charge is -2.12. The molecule has 0 atom stereocenters. The number of carbonyl (C=O) groups is 3. The Morgan fingerprint density at radius 3 is 2.41 bits per heavy atom. The molecule has 9 nitrogen and oxygen atoms in total. The first kappa shape index (κ1) is 22.3. The highest BCUT2D eigenvalue weighted by atomic mass is 19.1. The van der Waals surface area contributed by atoms with Crippen molar-refractivity contribution >= 4 is 23.5 Å². The van der Waals surface area contributed by atoms with Gasteiger partial charge in [-0.15, -0.1) is 0 Å². The van der Waals surface area contributed by atoms with Crippen molar-refractivity contribution in [3.05, 3.63) is 82.2 Å². The van der Waals surface area contributed by atoms with Gasteiger partial charge in [-0.25, -0.2) is 19.0 Å². The van der Waals surface area contributed by atoms with E-state index in [1.807, 2.05) is 0 Å². The Hall–Kier alpha value is -4.34. The van der Waals surface area contributed by atoms with Crippen LogP contribution < -0.4 is 10.9 Å². The first-order valence-corrected chi connectivity index (χ1v) is 9.26. The van der Waals surface area contributed by atoms with Crippen molar-refractivity contribution in [2.24, 2.45) is 0 Å². The Bertz CT molecular complexity index is 1250. The summed E-state index contributed by atoms with van der Waals surface area (Å²) >= 11 is 0. The van der Waals surface area contributed by atoms with E-state index >= 15 is 0 Å². The van der Waals surface area contributed by atoms with Crippen LogP contribution in [0.2, 0.25) is 0 Å². The SMILES string of the molecule is COC(=O)c1ccc(C(=O)OC)c(NC(=O)Cn2cnc(-c3ccccc3F)cc2=O)c1. The zero-order valence-corrected chi connectivity index (χ0v) is 17.1. The first-order valence-electron chi connectivity index (χ1n) is 9.26. The zero-order valence-electron chi connectivity index (χ0n) is 17.1. The molecule has 0 unspecified atom stereocenters. The molecule has 3 rings (SSSR count). The molecule has 0 aliphatic carbocycles. The minimum Gasteiger partial charge on any atom is -0.465 e. The summed E-state index contributed by atoms with van der Waals surface area (Å²) in [6, 6.07) is 10.9. The molecule has 0 fully saturated rings. The third-order valence-corrected chi connectivity index (χ3v) is 4.46. The molecular weight excluding hydrogens is 421 g/mol. The van der Waals surface area contributed by atoms with Crippen molar-refractivity contribution in [2.75, 3.05) is 19.5 Å². The number of hydrogen-bond acceptors (Lipinski definition) is 7. The summed E-state index contributed by atoms with van der Waals surface area (Å²) in [7, 11) is 2.36. The van der Waals surface area contributed by atoms with Crippen LogP contribution >= 0.6 is 0 Å². The van der Waals surface area contributed by atoms with E-state index in [0.29, 0.717) is 0 Å². The number of halogens is 1. The van der Waals surface area contributed by atoms with Crippen molar-refractivity contribution in [3.63, 3.8) is 0 Å². The second-order valence-corrected chi connectivity index (χ2v) is 6.51. The van der Waals surface area contributed by atoms with Crippen molar-refractivity contribution in [2.45, 2.75) is 6.54 Å². The molecule has 0 aliphatic rings. The number of ether oxygens (including phenoxy) is 2. The Morgan fingerprint density at radius 1 is 1.03 bits per heavy atom. The molecule has 1 aromatic heterocycles. The molecule has 3 aromatic rings. The summed E-state index contributed by atoms with van der Waals surface area (Å²) < 4.78 is 24.3. The maximum atomic E-state index is 13.9. The number of rotatable bonds is 6. The van der Waals surface area contributed by atoms with Crippen LogP contribution in [-0.4, -0.2) is 41.6 Å². The Labute approximate surface area is 181 Å². The molecule has 0 spiro atoms. The highest BCUT2D eigenvalue weighted by Crippen LogP contribution is 2.20. The molecular formula is C22H18FN3O6. The number of esters is 2. The van der Waals surface area contributed by atoms with E-state index in [0.717, 1.165) is 17.0 Å². The van der Waals surface area contributed by atoms with Crippen molar-refractivity contribution in [3.8, 4) is 11.3 Å². The number of aromatic nitrogens is 2. The predicted molar refractivity (Wildman–Crippen MR) is 112 cm³/mol. The fourth-order valence-corrected chi connectivity index (χ4v) is 2.89. The monoisotopic (exact) mass is 439 g/mol. The molecule has 0 saturated heterocycles. The third-order valence-electron chi connectivity index (χ3n) is 4.46. The number of benzene rings is 2. The Morgan fingerprint density at radius 2 is 1.75 bits per heavy atom. The normalized spacial score (nSPS) is 10.3. The van der Waals surface area contributed by atoms with Crippen molar-refractivity contribution in [1.29, 1.82) is 0 Å². The average Bonchev–Trinajstić information content (AvgIpc) is 2.79. The van der Waals surface area contributed by atoms with Gasteiger partial charge in [0.05, 0.1) is 43.1 Å². The fraction of sp³-hybridized carbons (Fsp3) is 0.136. The van der Waals surface area contributed by atoms with Gasteiger partial charge in [0, 0.05) is 11.6 Å². The van der Waals surface area contributed by atoms with Gasteiger partial charge in [-0.2, -0.15) is 0 Å². The summed E-state index contributed by atoms with van der Waals surface area (Å²) in [6.45, 7) is -0.438. The summed E-state index contributed by atoms with van der Waals surface area (Å²) in [6.07, 6.45) is 1.12. The quantitative estimate of drug-likeness (QED) is 0.586. The smallest absolute Gasteiger partial charge is 0.339 e. The van der Waals surface area contributed by atoms with Crippen LogP contribution in [0, 0.1) is 5.82 Å². The van der Waals surface area contributed by atoms with Crippen molar-refractivity contribution < 1.29 is 28.2 Å². The molecule has 2 aromatic carbocycles. The van der Waals surface area contributed by atoms with E-state index < -0.39 is 35.8 Å². The molecule has 1 N–H and O–H groups in total. The number of amides is 1. The summed E-state index contributed by atoms with van der Waals surface area (Å²) in [4.78, 5) is 52.7. The predicted octanol–water partition coefficient (Wildman–Crippen LogP) is 2.26. The maximum Gasteiger partial charge on any atom is 0.339 e. The topological polar surface area (TPSA) is 117 Å². The van der Waals surface area contributed by atoms with E-state index in [9.17, 15) is 23.6 Å². The van der Waals surface area contributed by atoms with Gasteiger partial charge in [0.1, 0.15) is 12.4 Å². The minimum atomic E-state index is -0.732. The van der Waals surface area contributed by atoms with Crippen LogP contribution in [0.25, 0.3) is 11.3 Å². The largest absolute Gasteiger partial charge is 0.465 e. The van der Waals surface area contributed by atoms with E-state index in [1.165, 1.54) is 50.6 Å². The molecule has 0 saturated carbocycles. The molecule has 32 heavy (non-hydrogen) atoms. The minimum absolute atomic E-state index is 0.00809. The van der Waals surface area contributed by atoms with Gasteiger partial charge in [-0.05, 0) is 30.3 Å². The summed E-state index contributed by atoms with van der Waals surface area (Å²) in [5.74, 6) is -2.60. The number of methoxy groups -OCH3 is 2. The number of anilines is 1. The second-order valence-electron chi connectivity index (χ2n) is 6.51. The van der Waals surface area contributed by atoms with Crippen LogP contribution in [0.1, 0.15) is 20.7 Å². The summed E-state index contributed by atoms with van der Waals surface area (Å²) in [5, 5.41) is 2.48. The molecule has 0 bridgehead atoms. The van der Waals surface area contributed by atoms with Crippen LogP contribution in [-0.2, 0) is 20.8 Å². The molecule has 1 heterocycles. The van der Waals surface area contributed by atoms with Gasteiger partial charge >= 0.3 is 11.9 Å². The average molecular weight is 439 g/mol. The molecule has 0 radical (unpaired) electrons. The van der Waals surface area contributed by atoms with E-state index in [4.69, 9.17) is 0 Å². The van der Waals surface area contributed by atoms with Gasteiger partial charge in [0.2, 0.25) is 5.91 Å². The maximum absolute atomic E-state index is 13.9. The van der Waals surface area contributed by atoms with Crippen LogP contribution in [0.5, 0.6) is 0 Å². The number of nitrogens with zero attached hydrogens (tertiary/aromatic N) is 2. The first-order chi connectivity index (χ1) is 15.3. The molecule has 0 aliphatic heterocycles. The summed E-state index contributed by atoms with van der Waals surface area (Å²) in [5.41, 5.74) is -0.178. The van der Waals surface area contributed by atoms with Gasteiger partial charge in [-0.1, -0.05) is 12.1 Å². The third kappa shape index (κ3) is 4.86. The fourth-order valence-electron chi connectivity index (χ4n) is 2.89. The lowest BCUT2D eigenvalue weighted by atomic mass is 10.1. The van der Waals surface area contributed by atoms with Gasteiger partial charge < -0.3 is 14.8 Å². The van der Waals surface area contributed by atoms with E-state index in [-0.39, 0.29) is 28.1 Å². The highest BCUT2D eigenvalue weighted by Gasteiger charge is 2.18. The van der Waals surface area contributed by atoms with Gasteiger partial charge in [0.25, 0.3) is 5.56 Å². The molecule has 10 heteroatoms. The second kappa shape index (κ2) is 9.65. The van der Waals surface area contributed by atoms with E-state index in [2.05, 4.69) is 19.8 Å². The Balaban J connectivity index is 1.84. The Kier molecular flexibility index (Phi) is 6.74. The van der Waals surface area contributed by atoms with Gasteiger partial charge in [0.15, 0.2) is 0 Å². The molecule has 164 valence electrons. The lowest BCUT2D eigenvalue weighted by molar-refractivity contribution is -0.116. The molecule has 1 amide bonds. The van der Waals surface area contributed by atoms with Crippen LogP contribution in [0.15, 0.2) is 59.7 Å². The lowest BCUT2D eigenvalue weighted by Crippen LogP contribution is -2.28. The number of carbonyl (C=O) groups excluding carboxylic acids is 3. The van der Waals surface area contributed by atoms with Gasteiger partial charge in [-0.3, -0.25) is 14.2 Å². The van der Waals surface area contributed by atoms with Crippen molar-refractivity contribution in [1.82, 2.24) is 9.55 Å².